The minimum Gasteiger partial charge on any atom is -0.467 e. The van der Waals surface area contributed by atoms with Gasteiger partial charge >= 0.3 is 12.1 Å². The highest BCUT2D eigenvalue weighted by atomic mass is 16.6. The van der Waals surface area contributed by atoms with Crippen molar-refractivity contribution >= 4 is 12.1 Å². The van der Waals surface area contributed by atoms with Crippen molar-refractivity contribution in [2.75, 3.05) is 13.7 Å². The van der Waals surface area contributed by atoms with Crippen LogP contribution in [0.2, 0.25) is 0 Å². The number of carbonyl (C=O) groups is 2. The average molecular weight is 258 g/mol. The van der Waals surface area contributed by atoms with E-state index < -0.39 is 23.7 Å². The Morgan fingerprint density at radius 3 is 2.44 bits per heavy atom. The Bertz CT molecular complexity index is 325. The van der Waals surface area contributed by atoms with Crippen LogP contribution in [0.4, 0.5) is 4.79 Å². The number of ether oxygens (including phenoxy) is 2. The van der Waals surface area contributed by atoms with Crippen molar-refractivity contribution in [3.63, 3.8) is 0 Å². The van der Waals surface area contributed by atoms with Crippen LogP contribution in [0.3, 0.4) is 0 Å². The van der Waals surface area contributed by atoms with Crippen LogP contribution >= 0.6 is 0 Å². The predicted octanol–water partition coefficient (Wildman–Crippen LogP) is 0.886. The number of nitrogens with two attached hydrogens (primary N) is 1. The molecule has 1 rings (SSSR count). The molecule has 1 saturated heterocycles. The van der Waals surface area contributed by atoms with Crippen molar-refractivity contribution in [1.82, 2.24) is 4.90 Å². The zero-order valence-corrected chi connectivity index (χ0v) is 11.4. The van der Waals surface area contributed by atoms with E-state index in [1.807, 2.05) is 0 Å². The number of hydrogen-bond donors (Lipinski definition) is 1. The molecule has 104 valence electrons. The number of nitrogens with zero attached hydrogens (tertiary/aromatic N) is 1. The van der Waals surface area contributed by atoms with Crippen molar-refractivity contribution in [2.24, 2.45) is 5.73 Å². The summed E-state index contributed by atoms with van der Waals surface area (Å²) in [5, 5.41) is 0. The summed E-state index contributed by atoms with van der Waals surface area (Å²) in [6.45, 7) is 5.77. The van der Waals surface area contributed by atoms with E-state index in [2.05, 4.69) is 0 Å². The van der Waals surface area contributed by atoms with E-state index in [0.29, 0.717) is 19.4 Å². The summed E-state index contributed by atoms with van der Waals surface area (Å²) in [5.41, 5.74) is 5.23. The average Bonchev–Trinajstić information content (AvgIpc) is 2.25. The molecular weight excluding hydrogens is 236 g/mol. The second-order valence-electron chi connectivity index (χ2n) is 5.50. The smallest absolute Gasteiger partial charge is 0.411 e. The molecule has 0 aliphatic carbocycles. The molecule has 0 saturated carbocycles. The minimum atomic E-state index is -0.645. The van der Waals surface area contributed by atoms with E-state index in [1.165, 1.54) is 12.0 Å². The molecule has 1 aliphatic rings. The number of hydrogen-bond acceptors (Lipinski definition) is 5. The van der Waals surface area contributed by atoms with E-state index in [0.717, 1.165) is 0 Å². The molecule has 18 heavy (non-hydrogen) atoms. The summed E-state index contributed by atoms with van der Waals surface area (Å²) in [7, 11) is 1.30. The van der Waals surface area contributed by atoms with E-state index in [-0.39, 0.29) is 6.04 Å². The molecule has 0 aromatic rings. The lowest BCUT2D eigenvalue weighted by Gasteiger charge is -2.37. The molecule has 0 bridgehead atoms. The quantitative estimate of drug-likeness (QED) is 0.706. The minimum absolute atomic E-state index is 0.0900. The summed E-state index contributed by atoms with van der Waals surface area (Å²) < 4.78 is 9.98. The third-order valence-corrected chi connectivity index (χ3v) is 2.74. The fourth-order valence-corrected chi connectivity index (χ4v) is 1.89. The molecule has 6 heteroatoms. The van der Waals surface area contributed by atoms with Gasteiger partial charge in [-0.1, -0.05) is 0 Å². The van der Waals surface area contributed by atoms with Gasteiger partial charge in [-0.3, -0.25) is 4.90 Å². The zero-order valence-electron chi connectivity index (χ0n) is 11.4. The highest BCUT2D eigenvalue weighted by Crippen LogP contribution is 2.20. The maximum Gasteiger partial charge on any atom is 0.411 e. The Morgan fingerprint density at radius 1 is 1.33 bits per heavy atom. The monoisotopic (exact) mass is 258 g/mol. The van der Waals surface area contributed by atoms with Crippen LogP contribution in [0.25, 0.3) is 0 Å². The van der Waals surface area contributed by atoms with Crippen molar-refractivity contribution < 1.29 is 19.1 Å². The van der Waals surface area contributed by atoms with Gasteiger partial charge in [0, 0.05) is 12.6 Å². The van der Waals surface area contributed by atoms with Crippen LogP contribution in [-0.4, -0.2) is 48.3 Å². The summed E-state index contributed by atoms with van der Waals surface area (Å²) in [5.74, 6) is -0.448. The Kier molecular flexibility index (Phi) is 4.56. The van der Waals surface area contributed by atoms with Gasteiger partial charge in [0.2, 0.25) is 0 Å². The SMILES string of the molecule is COC(=O)[C@@H]1C[C@H](N)CCN1C(=O)OC(C)(C)C. The van der Waals surface area contributed by atoms with Crippen LogP contribution in [0, 0.1) is 0 Å². The lowest BCUT2D eigenvalue weighted by atomic mass is 9.98. The highest BCUT2D eigenvalue weighted by molar-refractivity contribution is 5.81. The Morgan fingerprint density at radius 2 is 1.94 bits per heavy atom. The van der Waals surface area contributed by atoms with Gasteiger partial charge in [0.15, 0.2) is 0 Å². The molecular formula is C12H22N2O4. The van der Waals surface area contributed by atoms with Gasteiger partial charge in [0.1, 0.15) is 11.6 Å². The molecule has 2 atom stereocenters. The molecule has 0 unspecified atom stereocenters. The maximum atomic E-state index is 12.0. The number of esters is 1. The van der Waals surface area contributed by atoms with E-state index in [4.69, 9.17) is 15.2 Å². The van der Waals surface area contributed by atoms with Crippen LogP contribution in [0.15, 0.2) is 0 Å². The number of rotatable bonds is 1. The van der Waals surface area contributed by atoms with Gasteiger partial charge in [-0.2, -0.15) is 0 Å². The summed E-state index contributed by atoms with van der Waals surface area (Å²) >= 11 is 0. The Labute approximate surface area is 107 Å². The molecule has 6 nitrogen and oxygen atoms in total. The van der Waals surface area contributed by atoms with Gasteiger partial charge in [-0.25, -0.2) is 9.59 Å². The third-order valence-electron chi connectivity index (χ3n) is 2.74. The lowest BCUT2D eigenvalue weighted by molar-refractivity contribution is -0.148. The molecule has 1 amide bonds. The second-order valence-corrected chi connectivity index (χ2v) is 5.50. The number of methoxy groups -OCH3 is 1. The van der Waals surface area contributed by atoms with Crippen molar-refractivity contribution in [3.05, 3.63) is 0 Å². The molecule has 0 spiro atoms. The Balaban J connectivity index is 2.77. The van der Waals surface area contributed by atoms with Crippen molar-refractivity contribution in [3.8, 4) is 0 Å². The summed E-state index contributed by atoms with van der Waals surface area (Å²) in [6.07, 6.45) is 0.573. The first-order valence-electron chi connectivity index (χ1n) is 6.07. The summed E-state index contributed by atoms with van der Waals surface area (Å²) in [4.78, 5) is 25.1. The highest BCUT2D eigenvalue weighted by Gasteiger charge is 2.37. The first-order valence-corrected chi connectivity index (χ1v) is 6.07. The zero-order chi connectivity index (χ0) is 13.9. The number of carbonyl (C=O) groups excluding carboxylic acids is 2. The molecule has 1 fully saturated rings. The van der Waals surface area contributed by atoms with Crippen LogP contribution in [0.5, 0.6) is 0 Å². The fourth-order valence-electron chi connectivity index (χ4n) is 1.89. The number of amides is 1. The third kappa shape index (κ3) is 3.87. The fraction of sp³-hybridized carbons (Fsp3) is 0.833. The lowest BCUT2D eigenvalue weighted by Crippen LogP contribution is -2.54. The first kappa shape index (κ1) is 14.8. The van der Waals surface area contributed by atoms with Gasteiger partial charge in [-0.15, -0.1) is 0 Å². The molecule has 0 radical (unpaired) electrons. The van der Waals surface area contributed by atoms with E-state index in [9.17, 15) is 9.59 Å². The van der Waals surface area contributed by atoms with Gasteiger partial charge < -0.3 is 15.2 Å². The maximum absolute atomic E-state index is 12.0. The largest absolute Gasteiger partial charge is 0.467 e. The van der Waals surface area contributed by atoms with Gasteiger partial charge in [0.05, 0.1) is 7.11 Å². The van der Waals surface area contributed by atoms with Gasteiger partial charge in [0.25, 0.3) is 0 Å². The first-order chi connectivity index (χ1) is 8.24. The number of likely N-dealkylation sites (tertiary alicyclic amines) is 1. The number of piperidine rings is 1. The molecule has 0 aromatic carbocycles. The molecule has 2 N–H and O–H groups in total. The summed E-state index contributed by atoms with van der Waals surface area (Å²) in [6, 6.07) is -0.735. The normalized spacial score (nSPS) is 24.6. The van der Waals surface area contributed by atoms with Crippen LogP contribution in [-0.2, 0) is 14.3 Å². The predicted molar refractivity (Wildman–Crippen MR) is 66.0 cm³/mol. The molecule has 1 heterocycles. The molecule has 1 aliphatic heterocycles. The van der Waals surface area contributed by atoms with Crippen molar-refractivity contribution in [2.45, 2.75) is 51.3 Å². The van der Waals surface area contributed by atoms with Gasteiger partial charge in [-0.05, 0) is 33.6 Å². The van der Waals surface area contributed by atoms with Crippen LogP contribution < -0.4 is 5.73 Å². The topological polar surface area (TPSA) is 81.9 Å². The van der Waals surface area contributed by atoms with Crippen molar-refractivity contribution in [1.29, 1.82) is 0 Å². The van der Waals surface area contributed by atoms with Crippen LogP contribution in [0.1, 0.15) is 33.6 Å². The second kappa shape index (κ2) is 5.56. The van der Waals surface area contributed by atoms with E-state index in [1.54, 1.807) is 20.8 Å². The molecule has 0 aromatic heterocycles. The Hall–Kier alpha value is -1.30. The van der Waals surface area contributed by atoms with E-state index >= 15 is 0 Å². The standard InChI is InChI=1S/C12H22N2O4/c1-12(2,3)18-11(16)14-6-5-8(13)7-9(14)10(15)17-4/h8-9H,5-7,13H2,1-4H3/t8-,9+/m1/s1.